The summed E-state index contributed by atoms with van der Waals surface area (Å²) in [7, 11) is -3.90. The van der Waals surface area contributed by atoms with Crippen molar-refractivity contribution in [1.82, 2.24) is 19.4 Å². The van der Waals surface area contributed by atoms with Crippen LogP contribution in [0.5, 0.6) is 0 Å². The lowest BCUT2D eigenvalue weighted by atomic mass is 10.2. The maximum absolute atomic E-state index is 13.1. The van der Waals surface area contributed by atoms with Gasteiger partial charge in [0.05, 0.1) is 27.7 Å². The summed E-state index contributed by atoms with van der Waals surface area (Å²) in [5.74, 6) is 0.277. The van der Waals surface area contributed by atoms with Gasteiger partial charge in [-0.2, -0.15) is 14.1 Å². The highest BCUT2D eigenvalue weighted by Gasteiger charge is 2.40. The lowest BCUT2D eigenvalue weighted by Crippen LogP contribution is -2.49. The van der Waals surface area contributed by atoms with Gasteiger partial charge < -0.3 is 5.32 Å². The minimum absolute atomic E-state index is 0.0169. The summed E-state index contributed by atoms with van der Waals surface area (Å²) in [4.78, 5) is 24.8. The van der Waals surface area contributed by atoms with Gasteiger partial charge in [-0.1, -0.05) is 30.1 Å². The van der Waals surface area contributed by atoms with Gasteiger partial charge in [-0.05, 0) is 37.6 Å². The minimum Gasteiger partial charge on any atom is -0.352 e. The third-order valence-electron chi connectivity index (χ3n) is 4.71. The molecule has 30 heavy (non-hydrogen) atoms. The molecule has 1 N–H and O–H groups in total. The molecule has 1 fully saturated rings. The molecule has 2 atom stereocenters. The van der Waals surface area contributed by atoms with Crippen molar-refractivity contribution in [2.45, 2.75) is 37.2 Å². The smallest absolute Gasteiger partial charge is 0.291 e. The number of thioether (sulfide) groups is 1. The fourth-order valence-corrected chi connectivity index (χ4v) is 6.21. The highest BCUT2D eigenvalue weighted by molar-refractivity contribution is 8.00. The maximum Gasteiger partial charge on any atom is 0.291 e. The first-order valence-electron chi connectivity index (χ1n) is 9.10. The van der Waals surface area contributed by atoms with Crippen LogP contribution in [-0.2, 0) is 14.8 Å². The molecule has 2 heterocycles. The van der Waals surface area contributed by atoms with Crippen LogP contribution in [0.2, 0.25) is 10.0 Å². The third kappa shape index (κ3) is 4.52. The largest absolute Gasteiger partial charge is 0.352 e. The average Bonchev–Trinajstić information content (AvgIpc) is 3.23. The molecule has 0 aliphatic carbocycles. The lowest BCUT2D eigenvalue weighted by Gasteiger charge is -2.24. The molecule has 12 heteroatoms. The van der Waals surface area contributed by atoms with E-state index in [2.05, 4.69) is 10.4 Å². The predicted molar refractivity (Wildman–Crippen MR) is 118 cm³/mol. The van der Waals surface area contributed by atoms with Crippen LogP contribution in [0.4, 0.5) is 0 Å². The van der Waals surface area contributed by atoms with Crippen LogP contribution in [-0.4, -0.2) is 52.1 Å². The van der Waals surface area contributed by atoms with Gasteiger partial charge in [0.2, 0.25) is 15.9 Å². The Bertz CT molecular complexity index is 1110. The Hall–Kier alpha value is -1.59. The molecular weight excluding hydrogens is 471 g/mol. The predicted octanol–water partition coefficient (Wildman–Crippen LogP) is 2.52. The summed E-state index contributed by atoms with van der Waals surface area (Å²) < 4.78 is 28.5. The zero-order valence-electron chi connectivity index (χ0n) is 16.2. The van der Waals surface area contributed by atoms with E-state index in [1.54, 1.807) is 0 Å². The number of carbonyl (C=O) groups excluding carboxylic acids is 1. The van der Waals surface area contributed by atoms with Gasteiger partial charge in [-0.3, -0.25) is 9.59 Å². The standard InChI is InChI=1S/C18H20Cl2N4O4S2/c1-3-11(2)22-17(25)15-9-29-10-23(15)30(27,28)13-6-4-12(5-7-13)24-18(26)16(20)14(19)8-21-24/h4-8,11,15H,3,9-10H2,1-2H3,(H,22,25). The van der Waals surface area contributed by atoms with Crippen LogP contribution >= 0.6 is 35.0 Å². The average molecular weight is 491 g/mol. The molecule has 0 saturated carbocycles. The molecule has 0 radical (unpaired) electrons. The molecule has 2 aromatic rings. The van der Waals surface area contributed by atoms with Gasteiger partial charge in [0.15, 0.2) is 0 Å². The number of rotatable bonds is 6. The van der Waals surface area contributed by atoms with E-state index in [0.717, 1.165) is 11.1 Å². The topological polar surface area (TPSA) is 101 Å². The Morgan fingerprint density at radius 2 is 2.00 bits per heavy atom. The summed E-state index contributed by atoms with van der Waals surface area (Å²) >= 11 is 13.0. The van der Waals surface area contributed by atoms with Crippen LogP contribution in [0.3, 0.4) is 0 Å². The lowest BCUT2D eigenvalue weighted by molar-refractivity contribution is -0.124. The number of nitrogens with zero attached hydrogens (tertiary/aromatic N) is 3. The monoisotopic (exact) mass is 490 g/mol. The van der Waals surface area contributed by atoms with E-state index < -0.39 is 21.6 Å². The SMILES string of the molecule is CCC(C)NC(=O)C1CSCN1S(=O)(=O)c1ccc(-n2ncc(Cl)c(Cl)c2=O)cc1. The van der Waals surface area contributed by atoms with Gasteiger partial charge in [0, 0.05) is 11.8 Å². The van der Waals surface area contributed by atoms with Crippen LogP contribution in [0.1, 0.15) is 20.3 Å². The van der Waals surface area contributed by atoms with Crippen molar-refractivity contribution in [3.8, 4) is 5.69 Å². The number of nitrogens with one attached hydrogen (secondary N) is 1. The summed E-state index contributed by atoms with van der Waals surface area (Å²) in [6.07, 6.45) is 1.99. The van der Waals surface area contributed by atoms with E-state index in [1.807, 2.05) is 13.8 Å². The van der Waals surface area contributed by atoms with Gasteiger partial charge >= 0.3 is 0 Å². The minimum atomic E-state index is -3.90. The van der Waals surface area contributed by atoms with Crippen molar-refractivity contribution >= 4 is 50.9 Å². The molecule has 3 rings (SSSR count). The van der Waals surface area contributed by atoms with Gasteiger partial charge in [-0.15, -0.1) is 11.8 Å². The molecule has 1 aliphatic rings. The first-order chi connectivity index (χ1) is 14.2. The number of aromatic nitrogens is 2. The van der Waals surface area contributed by atoms with Gasteiger partial charge in [-0.25, -0.2) is 8.42 Å². The van der Waals surface area contributed by atoms with Crippen molar-refractivity contribution in [2.75, 3.05) is 11.6 Å². The number of carbonyl (C=O) groups is 1. The van der Waals surface area contributed by atoms with Crippen molar-refractivity contribution in [1.29, 1.82) is 0 Å². The van der Waals surface area contributed by atoms with Crippen molar-refractivity contribution in [2.24, 2.45) is 0 Å². The van der Waals surface area contributed by atoms with Crippen LogP contribution in [0.15, 0.2) is 40.2 Å². The molecule has 1 aromatic carbocycles. The molecule has 1 amide bonds. The molecule has 1 aromatic heterocycles. The molecule has 0 spiro atoms. The summed E-state index contributed by atoms with van der Waals surface area (Å²) in [5.41, 5.74) is -0.281. The molecule has 162 valence electrons. The number of halogens is 2. The van der Waals surface area contributed by atoms with Crippen molar-refractivity contribution in [3.63, 3.8) is 0 Å². The maximum atomic E-state index is 13.1. The van der Waals surface area contributed by atoms with Gasteiger partial charge in [0.25, 0.3) is 5.56 Å². The van der Waals surface area contributed by atoms with E-state index in [0.29, 0.717) is 11.4 Å². The number of sulfonamides is 1. The van der Waals surface area contributed by atoms with Crippen molar-refractivity contribution < 1.29 is 13.2 Å². The van der Waals surface area contributed by atoms with Gasteiger partial charge in [0.1, 0.15) is 11.1 Å². The Labute approximate surface area is 188 Å². The summed E-state index contributed by atoms with van der Waals surface area (Å²) in [5, 5.41) is 6.62. The number of hydrogen-bond donors (Lipinski definition) is 1. The Balaban J connectivity index is 1.87. The third-order valence-corrected chi connectivity index (χ3v) is 8.50. The normalized spacial score (nSPS) is 18.3. The fraction of sp³-hybridized carbons (Fsp3) is 0.389. The fourth-order valence-electron chi connectivity index (χ4n) is 2.80. The first kappa shape index (κ1) is 23.1. The second kappa shape index (κ2) is 9.27. The van der Waals surface area contributed by atoms with E-state index >= 15 is 0 Å². The van der Waals surface area contributed by atoms with Crippen LogP contribution in [0, 0.1) is 0 Å². The zero-order valence-corrected chi connectivity index (χ0v) is 19.4. The Morgan fingerprint density at radius 3 is 2.63 bits per heavy atom. The zero-order chi connectivity index (χ0) is 22.1. The molecule has 2 unspecified atom stereocenters. The molecule has 8 nitrogen and oxygen atoms in total. The van der Waals surface area contributed by atoms with Crippen LogP contribution in [0.25, 0.3) is 5.69 Å². The van der Waals surface area contributed by atoms with E-state index in [-0.39, 0.29) is 32.8 Å². The van der Waals surface area contributed by atoms with Crippen LogP contribution < -0.4 is 10.9 Å². The Morgan fingerprint density at radius 1 is 1.33 bits per heavy atom. The second-order valence-electron chi connectivity index (χ2n) is 6.74. The Kier molecular flexibility index (Phi) is 7.13. The van der Waals surface area contributed by atoms with E-state index in [1.165, 1.54) is 46.5 Å². The number of benzene rings is 1. The van der Waals surface area contributed by atoms with Crippen molar-refractivity contribution in [3.05, 3.63) is 50.9 Å². The number of hydrogen-bond acceptors (Lipinski definition) is 6. The number of amides is 1. The molecular formula is C18H20Cl2N4O4S2. The van der Waals surface area contributed by atoms with E-state index in [4.69, 9.17) is 23.2 Å². The quantitative estimate of drug-likeness (QED) is 0.667. The highest BCUT2D eigenvalue weighted by Crippen LogP contribution is 2.29. The van der Waals surface area contributed by atoms with E-state index in [9.17, 15) is 18.0 Å². The summed E-state index contributed by atoms with van der Waals surface area (Å²) in [6, 6.07) is 4.82. The second-order valence-corrected chi connectivity index (χ2v) is 10.4. The molecule has 1 aliphatic heterocycles. The summed E-state index contributed by atoms with van der Waals surface area (Å²) in [6.45, 7) is 3.81. The highest BCUT2D eigenvalue weighted by atomic mass is 35.5. The first-order valence-corrected chi connectivity index (χ1v) is 12.5. The molecule has 1 saturated heterocycles. The molecule has 0 bridgehead atoms.